The Morgan fingerprint density at radius 1 is 1.08 bits per heavy atom. The maximum atomic E-state index is 13.3. The van der Waals surface area contributed by atoms with Crippen LogP contribution in [-0.4, -0.2) is 50.5 Å². The van der Waals surface area contributed by atoms with Gasteiger partial charge in [-0.1, -0.05) is 53.9 Å². The molecule has 0 saturated heterocycles. The molecular formula is C25H32Cl3N3O4S. The highest BCUT2D eigenvalue weighted by Crippen LogP contribution is 2.29. The third-order valence-electron chi connectivity index (χ3n) is 5.73. The summed E-state index contributed by atoms with van der Waals surface area (Å²) in [5.41, 5.74) is 1.75. The Morgan fingerprint density at radius 2 is 1.78 bits per heavy atom. The van der Waals surface area contributed by atoms with E-state index in [9.17, 15) is 18.0 Å². The van der Waals surface area contributed by atoms with Gasteiger partial charge in [-0.25, -0.2) is 8.42 Å². The molecule has 0 saturated carbocycles. The van der Waals surface area contributed by atoms with Crippen LogP contribution in [0, 0.1) is 6.92 Å². The van der Waals surface area contributed by atoms with Crippen LogP contribution in [0.1, 0.15) is 44.2 Å². The molecule has 1 N–H and O–H groups in total. The molecule has 7 nitrogen and oxygen atoms in total. The van der Waals surface area contributed by atoms with Gasteiger partial charge in [-0.3, -0.25) is 13.9 Å². The minimum absolute atomic E-state index is 0.0300. The number of amides is 2. The first-order valence-electron chi connectivity index (χ1n) is 11.6. The van der Waals surface area contributed by atoms with Gasteiger partial charge in [0.15, 0.2) is 0 Å². The summed E-state index contributed by atoms with van der Waals surface area (Å²) in [6.45, 7) is 6.03. The Morgan fingerprint density at radius 3 is 2.39 bits per heavy atom. The summed E-state index contributed by atoms with van der Waals surface area (Å²) in [5, 5.41) is 4.13. The molecule has 0 aliphatic heterocycles. The number of benzene rings is 2. The van der Waals surface area contributed by atoms with Gasteiger partial charge in [0, 0.05) is 41.1 Å². The number of nitrogens with one attached hydrogen (secondary N) is 1. The molecule has 2 aromatic rings. The average molecular weight is 577 g/mol. The topological polar surface area (TPSA) is 86.8 Å². The zero-order valence-electron chi connectivity index (χ0n) is 20.9. The van der Waals surface area contributed by atoms with Crippen LogP contribution < -0.4 is 9.62 Å². The van der Waals surface area contributed by atoms with Gasteiger partial charge in [-0.2, -0.15) is 0 Å². The lowest BCUT2D eigenvalue weighted by molar-refractivity contribution is -0.140. The van der Waals surface area contributed by atoms with Crippen molar-refractivity contribution in [2.45, 2.75) is 52.6 Å². The zero-order valence-corrected chi connectivity index (χ0v) is 23.9. The van der Waals surface area contributed by atoms with Crippen LogP contribution in [0.2, 0.25) is 15.1 Å². The van der Waals surface area contributed by atoms with Gasteiger partial charge in [-0.15, -0.1) is 0 Å². The SMILES string of the molecule is CCCNC(=O)[C@@H](C)N(Cc1ccc(Cl)cc1Cl)C(=O)CCCN(c1cccc(Cl)c1C)S(C)(=O)=O. The molecule has 1 atom stereocenters. The Kier molecular flexibility index (Phi) is 11.3. The summed E-state index contributed by atoms with van der Waals surface area (Å²) >= 11 is 18.5. The first-order valence-corrected chi connectivity index (χ1v) is 14.6. The molecule has 198 valence electrons. The third kappa shape index (κ3) is 8.26. The number of nitrogens with zero attached hydrogens (tertiary/aromatic N) is 2. The van der Waals surface area contributed by atoms with Crippen LogP contribution >= 0.6 is 34.8 Å². The van der Waals surface area contributed by atoms with Crippen LogP contribution in [0.25, 0.3) is 0 Å². The van der Waals surface area contributed by atoms with E-state index >= 15 is 0 Å². The van der Waals surface area contributed by atoms with Gasteiger partial charge >= 0.3 is 0 Å². The second-order valence-electron chi connectivity index (χ2n) is 8.55. The fourth-order valence-corrected chi connectivity index (χ4v) is 5.31. The predicted molar refractivity (Wildman–Crippen MR) is 147 cm³/mol. The largest absolute Gasteiger partial charge is 0.354 e. The normalized spacial score (nSPS) is 12.2. The van der Waals surface area contributed by atoms with Gasteiger partial charge in [0.25, 0.3) is 0 Å². The fourth-order valence-electron chi connectivity index (χ4n) is 3.66. The number of carbonyl (C=O) groups excluding carboxylic acids is 2. The van der Waals surface area contributed by atoms with Gasteiger partial charge in [0.05, 0.1) is 11.9 Å². The maximum absolute atomic E-state index is 13.3. The Labute approximate surface area is 228 Å². The molecule has 0 unspecified atom stereocenters. The molecule has 2 aromatic carbocycles. The van der Waals surface area contributed by atoms with E-state index in [-0.39, 0.29) is 37.7 Å². The van der Waals surface area contributed by atoms with Crippen LogP contribution in [0.3, 0.4) is 0 Å². The molecule has 0 bridgehead atoms. The van der Waals surface area contributed by atoms with Crippen molar-refractivity contribution in [3.8, 4) is 0 Å². The van der Waals surface area contributed by atoms with Gasteiger partial charge in [0.1, 0.15) is 6.04 Å². The highest BCUT2D eigenvalue weighted by Gasteiger charge is 2.27. The Hall–Kier alpha value is -2.00. The lowest BCUT2D eigenvalue weighted by atomic mass is 10.1. The van der Waals surface area contributed by atoms with Crippen molar-refractivity contribution >= 4 is 62.3 Å². The quantitative estimate of drug-likeness (QED) is 0.364. The van der Waals surface area contributed by atoms with E-state index in [0.717, 1.165) is 12.7 Å². The number of sulfonamides is 1. The minimum Gasteiger partial charge on any atom is -0.354 e. The standard InChI is InChI=1S/C25H32Cl3N3O4S/c1-5-13-29-25(33)18(3)30(16-19-11-12-20(26)15-22(19)28)24(32)10-7-14-31(36(4,34)35)23-9-6-8-21(27)17(23)2/h6,8-9,11-12,15,18H,5,7,10,13-14,16H2,1-4H3,(H,29,33)/t18-/m1/s1. The van der Waals surface area contributed by atoms with Crippen molar-refractivity contribution in [3.05, 3.63) is 62.6 Å². The van der Waals surface area contributed by atoms with Crippen LogP contribution in [0.15, 0.2) is 36.4 Å². The number of hydrogen-bond donors (Lipinski definition) is 1. The summed E-state index contributed by atoms with van der Waals surface area (Å²) in [5.74, 6) is -0.570. The van der Waals surface area contributed by atoms with E-state index in [1.165, 1.54) is 9.21 Å². The van der Waals surface area contributed by atoms with Crippen molar-refractivity contribution < 1.29 is 18.0 Å². The summed E-state index contributed by atoms with van der Waals surface area (Å²) < 4.78 is 26.3. The van der Waals surface area contributed by atoms with Gasteiger partial charge in [0.2, 0.25) is 21.8 Å². The summed E-state index contributed by atoms with van der Waals surface area (Å²) in [6.07, 6.45) is 2.15. The van der Waals surface area contributed by atoms with E-state index in [2.05, 4.69) is 5.32 Å². The summed E-state index contributed by atoms with van der Waals surface area (Å²) in [7, 11) is -3.62. The molecule has 0 radical (unpaired) electrons. The molecule has 11 heteroatoms. The smallest absolute Gasteiger partial charge is 0.242 e. The van der Waals surface area contributed by atoms with Crippen molar-refractivity contribution in [1.29, 1.82) is 0 Å². The zero-order chi connectivity index (χ0) is 27.0. The highest BCUT2D eigenvalue weighted by atomic mass is 35.5. The molecule has 0 aromatic heterocycles. The molecule has 0 aliphatic rings. The van der Waals surface area contributed by atoms with E-state index < -0.39 is 16.1 Å². The van der Waals surface area contributed by atoms with Crippen molar-refractivity contribution in [3.63, 3.8) is 0 Å². The Bertz CT molecular complexity index is 1190. The third-order valence-corrected chi connectivity index (χ3v) is 7.91. The fraction of sp³-hybridized carbons (Fsp3) is 0.440. The van der Waals surface area contributed by atoms with Crippen LogP contribution in [0.5, 0.6) is 0 Å². The molecule has 0 fully saturated rings. The molecule has 2 amide bonds. The van der Waals surface area contributed by atoms with E-state index in [0.29, 0.717) is 38.4 Å². The molecule has 2 rings (SSSR count). The number of halogens is 3. The molecule has 0 spiro atoms. The Balaban J connectivity index is 2.22. The first-order chi connectivity index (χ1) is 16.9. The van der Waals surface area contributed by atoms with Crippen molar-refractivity contribution in [2.24, 2.45) is 0 Å². The molecule has 36 heavy (non-hydrogen) atoms. The van der Waals surface area contributed by atoms with E-state index in [1.54, 1.807) is 50.2 Å². The number of carbonyl (C=O) groups is 2. The van der Waals surface area contributed by atoms with Gasteiger partial charge < -0.3 is 10.2 Å². The maximum Gasteiger partial charge on any atom is 0.242 e. The van der Waals surface area contributed by atoms with Crippen LogP contribution in [0.4, 0.5) is 5.69 Å². The molecule has 0 aliphatic carbocycles. The number of rotatable bonds is 12. The first kappa shape index (κ1) is 30.2. The lowest BCUT2D eigenvalue weighted by Crippen LogP contribution is -2.48. The summed E-state index contributed by atoms with van der Waals surface area (Å²) in [4.78, 5) is 27.5. The monoisotopic (exact) mass is 575 g/mol. The van der Waals surface area contributed by atoms with Crippen LogP contribution in [-0.2, 0) is 26.2 Å². The van der Waals surface area contributed by atoms with Gasteiger partial charge in [-0.05, 0) is 62.1 Å². The highest BCUT2D eigenvalue weighted by molar-refractivity contribution is 7.92. The molecular weight excluding hydrogens is 545 g/mol. The lowest BCUT2D eigenvalue weighted by Gasteiger charge is -2.30. The molecule has 0 heterocycles. The predicted octanol–water partition coefficient (Wildman–Crippen LogP) is 5.44. The van der Waals surface area contributed by atoms with Crippen molar-refractivity contribution in [1.82, 2.24) is 10.2 Å². The number of hydrogen-bond acceptors (Lipinski definition) is 4. The summed E-state index contributed by atoms with van der Waals surface area (Å²) in [6, 6.07) is 9.27. The van der Waals surface area contributed by atoms with E-state index in [1.807, 2.05) is 6.92 Å². The average Bonchev–Trinajstić information content (AvgIpc) is 2.80. The second kappa shape index (κ2) is 13.5. The second-order valence-corrected chi connectivity index (χ2v) is 11.7. The van der Waals surface area contributed by atoms with Crippen molar-refractivity contribution in [2.75, 3.05) is 23.7 Å². The minimum atomic E-state index is -3.62. The number of anilines is 1. The van der Waals surface area contributed by atoms with E-state index in [4.69, 9.17) is 34.8 Å².